The molecule has 0 aromatic carbocycles. The topological polar surface area (TPSA) is 62.0 Å². The van der Waals surface area contributed by atoms with E-state index in [4.69, 9.17) is 0 Å². The molecule has 1 amide bonds. The van der Waals surface area contributed by atoms with Crippen LogP contribution in [0.1, 0.15) is 48.9 Å². The standard InChI is InChI=1S/C14H20N2O2/c17-13-7-6-12(10-16-13)14(18)15-9-8-11-4-2-1-3-5-11/h6-7,10-11H,1-5,8-9H2,(H,15,18)(H,16,17). The number of carbonyl (C=O) groups excluding carboxylic acids is 1. The fraction of sp³-hybridized carbons (Fsp3) is 0.571. The molecule has 1 saturated carbocycles. The molecule has 4 heteroatoms. The quantitative estimate of drug-likeness (QED) is 0.857. The van der Waals surface area contributed by atoms with Crippen molar-refractivity contribution in [3.8, 4) is 0 Å². The molecule has 1 heterocycles. The van der Waals surface area contributed by atoms with E-state index >= 15 is 0 Å². The van der Waals surface area contributed by atoms with Crippen LogP contribution in [0.4, 0.5) is 0 Å². The van der Waals surface area contributed by atoms with Crippen molar-refractivity contribution in [3.63, 3.8) is 0 Å². The molecule has 2 rings (SSSR count). The predicted octanol–water partition coefficient (Wildman–Crippen LogP) is 2.08. The van der Waals surface area contributed by atoms with Gasteiger partial charge in [-0.3, -0.25) is 9.59 Å². The highest BCUT2D eigenvalue weighted by atomic mass is 16.1. The molecule has 1 aromatic heterocycles. The second-order valence-corrected chi connectivity index (χ2v) is 4.99. The van der Waals surface area contributed by atoms with Gasteiger partial charge in [0.25, 0.3) is 5.91 Å². The Morgan fingerprint density at radius 3 is 2.72 bits per heavy atom. The molecule has 0 radical (unpaired) electrons. The first kappa shape index (κ1) is 12.9. The minimum atomic E-state index is -0.186. The van der Waals surface area contributed by atoms with E-state index in [-0.39, 0.29) is 11.5 Å². The van der Waals surface area contributed by atoms with Crippen molar-refractivity contribution in [3.05, 3.63) is 34.2 Å². The first-order valence-corrected chi connectivity index (χ1v) is 6.72. The van der Waals surface area contributed by atoms with E-state index in [2.05, 4.69) is 10.3 Å². The second-order valence-electron chi connectivity index (χ2n) is 4.99. The zero-order valence-electron chi connectivity index (χ0n) is 10.6. The van der Waals surface area contributed by atoms with Gasteiger partial charge >= 0.3 is 0 Å². The van der Waals surface area contributed by atoms with Crippen LogP contribution in [0.2, 0.25) is 0 Å². The van der Waals surface area contributed by atoms with Crippen LogP contribution in [0.3, 0.4) is 0 Å². The molecule has 4 nitrogen and oxygen atoms in total. The average Bonchev–Trinajstić information content (AvgIpc) is 2.40. The highest BCUT2D eigenvalue weighted by Crippen LogP contribution is 2.25. The summed E-state index contributed by atoms with van der Waals surface area (Å²) in [6, 6.07) is 2.92. The van der Waals surface area contributed by atoms with Crippen molar-refractivity contribution in [2.45, 2.75) is 38.5 Å². The number of nitrogens with one attached hydrogen (secondary N) is 2. The van der Waals surface area contributed by atoms with Gasteiger partial charge in [-0.2, -0.15) is 0 Å². The molecule has 0 atom stereocenters. The molecule has 0 aliphatic heterocycles. The van der Waals surface area contributed by atoms with Crippen molar-refractivity contribution in [2.24, 2.45) is 5.92 Å². The van der Waals surface area contributed by atoms with Gasteiger partial charge in [-0.1, -0.05) is 32.1 Å². The maximum absolute atomic E-state index is 11.8. The normalized spacial score (nSPS) is 16.4. The number of hydrogen-bond acceptors (Lipinski definition) is 2. The monoisotopic (exact) mass is 248 g/mol. The number of pyridine rings is 1. The SMILES string of the molecule is O=C(NCCC1CCCCC1)c1ccc(=O)[nH]c1. The average molecular weight is 248 g/mol. The van der Waals surface area contributed by atoms with Crippen LogP contribution >= 0.6 is 0 Å². The third kappa shape index (κ3) is 3.72. The van der Waals surface area contributed by atoms with Gasteiger partial charge in [0.05, 0.1) is 5.56 Å². The van der Waals surface area contributed by atoms with Crippen molar-refractivity contribution in [1.29, 1.82) is 0 Å². The number of carbonyl (C=O) groups is 1. The van der Waals surface area contributed by atoms with Crippen LogP contribution in [0.5, 0.6) is 0 Å². The van der Waals surface area contributed by atoms with Crippen LogP contribution in [0.25, 0.3) is 0 Å². The van der Waals surface area contributed by atoms with Gasteiger partial charge in [-0.25, -0.2) is 0 Å². The highest BCUT2D eigenvalue weighted by molar-refractivity contribution is 5.93. The first-order chi connectivity index (χ1) is 8.75. The molecule has 1 aliphatic rings. The summed E-state index contributed by atoms with van der Waals surface area (Å²) in [5.41, 5.74) is 0.326. The first-order valence-electron chi connectivity index (χ1n) is 6.72. The molecule has 1 aliphatic carbocycles. The van der Waals surface area contributed by atoms with E-state index < -0.39 is 0 Å². The highest BCUT2D eigenvalue weighted by Gasteiger charge is 2.13. The van der Waals surface area contributed by atoms with Gasteiger partial charge in [-0.05, 0) is 18.4 Å². The van der Waals surface area contributed by atoms with Gasteiger partial charge < -0.3 is 10.3 Å². The van der Waals surface area contributed by atoms with Crippen LogP contribution < -0.4 is 10.9 Å². The maximum Gasteiger partial charge on any atom is 0.252 e. The molecule has 0 bridgehead atoms. The molecular weight excluding hydrogens is 228 g/mol. The summed E-state index contributed by atoms with van der Waals surface area (Å²) in [4.78, 5) is 25.1. The number of H-pyrrole nitrogens is 1. The van der Waals surface area contributed by atoms with Gasteiger partial charge in [0, 0.05) is 18.8 Å². The summed E-state index contributed by atoms with van der Waals surface area (Å²) >= 11 is 0. The minimum Gasteiger partial charge on any atom is -0.352 e. The Kier molecular flexibility index (Phi) is 4.56. The lowest BCUT2D eigenvalue weighted by Crippen LogP contribution is -2.27. The lowest BCUT2D eigenvalue weighted by molar-refractivity contribution is 0.0950. The van der Waals surface area contributed by atoms with E-state index in [0.29, 0.717) is 5.56 Å². The van der Waals surface area contributed by atoms with Crippen molar-refractivity contribution in [1.82, 2.24) is 10.3 Å². The van der Waals surface area contributed by atoms with Crippen molar-refractivity contribution >= 4 is 5.91 Å². The molecule has 1 aromatic rings. The summed E-state index contributed by atoms with van der Waals surface area (Å²) in [7, 11) is 0. The number of amides is 1. The second kappa shape index (κ2) is 6.38. The van der Waals surface area contributed by atoms with Crippen molar-refractivity contribution in [2.75, 3.05) is 6.54 Å². The molecule has 18 heavy (non-hydrogen) atoms. The molecule has 2 N–H and O–H groups in total. The van der Waals surface area contributed by atoms with Gasteiger partial charge in [0.15, 0.2) is 0 Å². The lowest BCUT2D eigenvalue weighted by Gasteiger charge is -2.21. The molecular formula is C14H20N2O2. The predicted molar refractivity (Wildman–Crippen MR) is 70.6 cm³/mol. The third-order valence-corrected chi connectivity index (χ3v) is 3.61. The minimum absolute atomic E-state index is 0.109. The van der Waals surface area contributed by atoms with Crippen molar-refractivity contribution < 1.29 is 4.79 Å². The van der Waals surface area contributed by atoms with Gasteiger partial charge in [-0.15, -0.1) is 0 Å². The molecule has 1 fully saturated rings. The zero-order chi connectivity index (χ0) is 12.8. The summed E-state index contributed by atoms with van der Waals surface area (Å²) in [6.07, 6.45) is 9.15. The fourth-order valence-corrected chi connectivity index (χ4v) is 2.52. The van der Waals surface area contributed by atoms with E-state index in [1.165, 1.54) is 44.4 Å². The molecule has 98 valence electrons. The Bertz CT molecular complexity index is 427. The van der Waals surface area contributed by atoms with E-state index in [1.807, 2.05) is 0 Å². The Morgan fingerprint density at radius 2 is 2.06 bits per heavy atom. The molecule has 0 unspecified atom stereocenters. The van der Waals surface area contributed by atoms with Gasteiger partial charge in [0.2, 0.25) is 5.56 Å². The maximum atomic E-state index is 11.8. The largest absolute Gasteiger partial charge is 0.352 e. The molecule has 0 spiro atoms. The Hall–Kier alpha value is -1.58. The number of aromatic nitrogens is 1. The lowest BCUT2D eigenvalue weighted by atomic mass is 9.87. The number of rotatable bonds is 4. The summed E-state index contributed by atoms with van der Waals surface area (Å²) in [6.45, 7) is 0.725. The summed E-state index contributed by atoms with van der Waals surface area (Å²) < 4.78 is 0. The van der Waals surface area contributed by atoms with E-state index in [1.54, 1.807) is 6.07 Å². The summed E-state index contributed by atoms with van der Waals surface area (Å²) in [5.74, 6) is 0.664. The van der Waals surface area contributed by atoms with Crippen LogP contribution in [-0.4, -0.2) is 17.4 Å². The van der Waals surface area contributed by atoms with E-state index in [0.717, 1.165) is 18.9 Å². The zero-order valence-corrected chi connectivity index (χ0v) is 10.6. The van der Waals surface area contributed by atoms with Crippen LogP contribution in [0, 0.1) is 5.92 Å². The Morgan fingerprint density at radius 1 is 1.28 bits per heavy atom. The van der Waals surface area contributed by atoms with E-state index in [9.17, 15) is 9.59 Å². The van der Waals surface area contributed by atoms with Gasteiger partial charge in [0.1, 0.15) is 0 Å². The molecule has 0 saturated heterocycles. The van der Waals surface area contributed by atoms with Crippen LogP contribution in [0.15, 0.2) is 23.1 Å². The third-order valence-electron chi connectivity index (χ3n) is 3.61. The smallest absolute Gasteiger partial charge is 0.252 e. The fourth-order valence-electron chi connectivity index (χ4n) is 2.52. The Labute approximate surface area is 107 Å². The van der Waals surface area contributed by atoms with Crippen LogP contribution in [-0.2, 0) is 0 Å². The number of hydrogen-bond donors (Lipinski definition) is 2. The Balaban J connectivity index is 1.74. The summed E-state index contributed by atoms with van der Waals surface area (Å²) in [5, 5.41) is 2.90. The number of aromatic amines is 1.